The molecule has 1 amide bonds. The number of likely N-dealkylation sites (N-methyl/N-ethyl adjacent to an activating group) is 1. The number of nitrogens with one attached hydrogen (secondary N) is 1. The van der Waals surface area contributed by atoms with E-state index in [1.54, 1.807) is 23.5 Å². The highest BCUT2D eigenvalue weighted by molar-refractivity contribution is 7.07. The quantitative estimate of drug-likeness (QED) is 0.919. The molecule has 0 unspecified atom stereocenters. The zero-order valence-corrected chi connectivity index (χ0v) is 12.3. The van der Waals surface area contributed by atoms with Crippen molar-refractivity contribution in [2.45, 2.75) is 6.04 Å². The van der Waals surface area contributed by atoms with Crippen LogP contribution >= 0.6 is 11.3 Å². The summed E-state index contributed by atoms with van der Waals surface area (Å²) in [5, 5.41) is 6.85. The number of carbonyl (C=O) groups excluding carboxylic acids is 1. The molecule has 5 heteroatoms. The maximum Gasteiger partial charge on any atom is 0.254 e. The molecule has 0 saturated heterocycles. The summed E-state index contributed by atoms with van der Waals surface area (Å²) in [7, 11) is 3.91. The maximum atomic E-state index is 13.5. The summed E-state index contributed by atoms with van der Waals surface area (Å²) >= 11 is 1.62. The summed E-state index contributed by atoms with van der Waals surface area (Å²) in [6, 6.07) is 8.11. The Hall–Kier alpha value is -1.72. The van der Waals surface area contributed by atoms with E-state index < -0.39 is 5.82 Å². The highest BCUT2D eigenvalue weighted by Gasteiger charge is 2.17. The molecule has 1 heterocycles. The zero-order chi connectivity index (χ0) is 14.5. The molecule has 0 fully saturated rings. The summed E-state index contributed by atoms with van der Waals surface area (Å²) in [6.07, 6.45) is 0. The van der Waals surface area contributed by atoms with E-state index in [-0.39, 0.29) is 17.5 Å². The summed E-state index contributed by atoms with van der Waals surface area (Å²) in [6.45, 7) is 0.441. The standard InChI is InChI=1S/C15H17FN2OS/c1-18(2)14(11-7-8-20-10-11)9-17-15(19)12-5-3-4-6-13(12)16/h3-8,10,14H,9H2,1-2H3,(H,17,19)/t14-/m0/s1. The fourth-order valence-corrected chi connectivity index (χ4v) is 2.70. The van der Waals surface area contributed by atoms with Crippen molar-refractivity contribution in [1.82, 2.24) is 10.2 Å². The van der Waals surface area contributed by atoms with Gasteiger partial charge in [-0.25, -0.2) is 4.39 Å². The summed E-state index contributed by atoms with van der Waals surface area (Å²) in [5.41, 5.74) is 1.23. The molecule has 1 aromatic heterocycles. The largest absolute Gasteiger partial charge is 0.350 e. The van der Waals surface area contributed by atoms with Crippen LogP contribution in [0.15, 0.2) is 41.1 Å². The first-order chi connectivity index (χ1) is 9.59. The second-order valence-electron chi connectivity index (χ2n) is 4.73. The van der Waals surface area contributed by atoms with Crippen LogP contribution in [-0.2, 0) is 0 Å². The predicted molar refractivity (Wildman–Crippen MR) is 79.5 cm³/mol. The van der Waals surface area contributed by atoms with Gasteiger partial charge in [0.05, 0.1) is 11.6 Å². The summed E-state index contributed by atoms with van der Waals surface area (Å²) in [5.74, 6) is -0.882. The number of thiophene rings is 1. The molecule has 1 N–H and O–H groups in total. The van der Waals surface area contributed by atoms with Gasteiger partial charge in [0.25, 0.3) is 5.91 Å². The van der Waals surface area contributed by atoms with Gasteiger partial charge in [-0.3, -0.25) is 4.79 Å². The van der Waals surface area contributed by atoms with Crippen LogP contribution in [-0.4, -0.2) is 31.4 Å². The molecular formula is C15H17FN2OS. The van der Waals surface area contributed by atoms with Gasteiger partial charge in [-0.15, -0.1) is 0 Å². The Morgan fingerprint density at radius 1 is 1.35 bits per heavy atom. The monoisotopic (exact) mass is 292 g/mol. The van der Waals surface area contributed by atoms with E-state index in [9.17, 15) is 9.18 Å². The minimum Gasteiger partial charge on any atom is -0.350 e. The molecule has 106 valence electrons. The first kappa shape index (κ1) is 14.7. The number of carbonyl (C=O) groups is 1. The van der Waals surface area contributed by atoms with Crippen molar-refractivity contribution in [1.29, 1.82) is 0 Å². The lowest BCUT2D eigenvalue weighted by Gasteiger charge is -2.24. The lowest BCUT2D eigenvalue weighted by atomic mass is 10.1. The van der Waals surface area contributed by atoms with Gasteiger partial charge in [-0.2, -0.15) is 11.3 Å². The molecular weight excluding hydrogens is 275 g/mol. The molecule has 2 rings (SSSR count). The summed E-state index contributed by atoms with van der Waals surface area (Å²) in [4.78, 5) is 14.0. The van der Waals surface area contributed by atoms with Gasteiger partial charge in [-0.05, 0) is 48.6 Å². The Bertz CT molecular complexity index is 569. The molecule has 1 aromatic carbocycles. The van der Waals surface area contributed by atoms with Crippen molar-refractivity contribution in [3.8, 4) is 0 Å². The number of rotatable bonds is 5. The SMILES string of the molecule is CN(C)[C@@H](CNC(=O)c1ccccc1F)c1ccsc1. The molecule has 0 aliphatic carbocycles. The Morgan fingerprint density at radius 3 is 2.70 bits per heavy atom. The predicted octanol–water partition coefficient (Wildman–Crippen LogP) is 2.92. The molecule has 0 saturated carbocycles. The first-order valence-electron chi connectivity index (χ1n) is 6.31. The van der Waals surface area contributed by atoms with Gasteiger partial charge >= 0.3 is 0 Å². The second kappa shape index (κ2) is 6.63. The van der Waals surface area contributed by atoms with Crippen LogP contribution in [0.4, 0.5) is 4.39 Å². The number of amides is 1. The van der Waals surface area contributed by atoms with Crippen molar-refractivity contribution in [3.05, 3.63) is 58.0 Å². The Morgan fingerprint density at radius 2 is 2.10 bits per heavy atom. The zero-order valence-electron chi connectivity index (χ0n) is 11.5. The van der Waals surface area contributed by atoms with Crippen LogP contribution in [0.1, 0.15) is 22.0 Å². The fraction of sp³-hybridized carbons (Fsp3) is 0.267. The summed E-state index contributed by atoms with van der Waals surface area (Å²) < 4.78 is 13.5. The van der Waals surface area contributed by atoms with Gasteiger partial charge in [0.15, 0.2) is 0 Å². The lowest BCUT2D eigenvalue weighted by Crippen LogP contribution is -2.34. The van der Waals surface area contributed by atoms with E-state index in [1.807, 2.05) is 30.4 Å². The molecule has 0 aliphatic heterocycles. The minimum atomic E-state index is -0.498. The molecule has 0 aliphatic rings. The Labute approximate surface area is 122 Å². The third kappa shape index (κ3) is 3.43. The number of hydrogen-bond acceptors (Lipinski definition) is 3. The van der Waals surface area contributed by atoms with Gasteiger partial charge in [0.1, 0.15) is 5.82 Å². The number of benzene rings is 1. The second-order valence-corrected chi connectivity index (χ2v) is 5.51. The highest BCUT2D eigenvalue weighted by atomic mass is 32.1. The Balaban J connectivity index is 2.03. The topological polar surface area (TPSA) is 32.3 Å². The van der Waals surface area contributed by atoms with Gasteiger partial charge in [-0.1, -0.05) is 12.1 Å². The average molecular weight is 292 g/mol. The van der Waals surface area contributed by atoms with Crippen molar-refractivity contribution < 1.29 is 9.18 Å². The molecule has 0 radical (unpaired) electrons. The van der Waals surface area contributed by atoms with Crippen molar-refractivity contribution >= 4 is 17.2 Å². The molecule has 3 nitrogen and oxygen atoms in total. The van der Waals surface area contributed by atoms with Crippen LogP contribution in [0.25, 0.3) is 0 Å². The lowest BCUT2D eigenvalue weighted by molar-refractivity contribution is 0.0938. The number of nitrogens with zero attached hydrogens (tertiary/aromatic N) is 1. The Kier molecular flexibility index (Phi) is 4.87. The molecule has 0 spiro atoms. The van der Waals surface area contributed by atoms with Crippen LogP contribution in [0, 0.1) is 5.82 Å². The van der Waals surface area contributed by atoms with E-state index in [2.05, 4.69) is 10.7 Å². The molecule has 1 atom stereocenters. The van der Waals surface area contributed by atoms with E-state index >= 15 is 0 Å². The van der Waals surface area contributed by atoms with E-state index in [1.165, 1.54) is 12.1 Å². The third-order valence-electron chi connectivity index (χ3n) is 3.13. The van der Waals surface area contributed by atoms with E-state index in [4.69, 9.17) is 0 Å². The van der Waals surface area contributed by atoms with E-state index in [0.717, 1.165) is 5.56 Å². The van der Waals surface area contributed by atoms with Gasteiger partial charge in [0, 0.05) is 6.54 Å². The number of halogens is 1. The highest BCUT2D eigenvalue weighted by Crippen LogP contribution is 2.20. The van der Waals surface area contributed by atoms with Crippen LogP contribution < -0.4 is 5.32 Å². The van der Waals surface area contributed by atoms with Crippen LogP contribution in [0.2, 0.25) is 0 Å². The minimum absolute atomic E-state index is 0.0790. The van der Waals surface area contributed by atoms with Gasteiger partial charge in [0.2, 0.25) is 0 Å². The molecule has 0 bridgehead atoms. The van der Waals surface area contributed by atoms with Gasteiger partial charge < -0.3 is 10.2 Å². The van der Waals surface area contributed by atoms with Crippen LogP contribution in [0.5, 0.6) is 0 Å². The number of hydrogen-bond donors (Lipinski definition) is 1. The first-order valence-corrected chi connectivity index (χ1v) is 7.25. The third-order valence-corrected chi connectivity index (χ3v) is 3.83. The fourth-order valence-electron chi connectivity index (χ4n) is 1.99. The van der Waals surface area contributed by atoms with Crippen molar-refractivity contribution in [2.75, 3.05) is 20.6 Å². The maximum absolute atomic E-state index is 13.5. The smallest absolute Gasteiger partial charge is 0.254 e. The van der Waals surface area contributed by atoms with Crippen molar-refractivity contribution in [3.63, 3.8) is 0 Å². The molecule has 20 heavy (non-hydrogen) atoms. The van der Waals surface area contributed by atoms with E-state index in [0.29, 0.717) is 6.54 Å². The molecule has 2 aromatic rings. The van der Waals surface area contributed by atoms with Crippen LogP contribution in [0.3, 0.4) is 0 Å². The normalized spacial score (nSPS) is 12.4. The van der Waals surface area contributed by atoms with Crippen molar-refractivity contribution in [2.24, 2.45) is 0 Å². The average Bonchev–Trinajstić information content (AvgIpc) is 2.92.